The second-order valence-corrected chi connectivity index (χ2v) is 4.83. The summed E-state index contributed by atoms with van der Waals surface area (Å²) in [4.78, 5) is 4.50. The van der Waals surface area contributed by atoms with E-state index in [0.29, 0.717) is 22.3 Å². The van der Waals surface area contributed by atoms with Gasteiger partial charge in [0.25, 0.3) is 0 Å². The topological polar surface area (TPSA) is 48.1 Å². The van der Waals surface area contributed by atoms with Crippen molar-refractivity contribution in [3.63, 3.8) is 0 Å². The van der Waals surface area contributed by atoms with Crippen LogP contribution in [0.1, 0.15) is 17.7 Å². The molecule has 1 aliphatic rings. The van der Waals surface area contributed by atoms with Gasteiger partial charge in [0.2, 0.25) is 5.88 Å². The Labute approximate surface area is 111 Å². The predicted molar refractivity (Wildman–Crippen MR) is 72.2 cm³/mol. The summed E-state index contributed by atoms with van der Waals surface area (Å²) in [6, 6.07) is 9.15. The number of nitrogens with zero attached hydrogens (tertiary/aromatic N) is 1. The van der Waals surface area contributed by atoms with Gasteiger partial charge in [-0.1, -0.05) is 17.7 Å². The highest BCUT2D eigenvalue weighted by Gasteiger charge is 2.13. The molecule has 0 fully saturated rings. The number of rotatable bonds is 2. The molecule has 1 aromatic carbocycles. The normalized spacial score (nSPS) is 13.4. The molecule has 92 valence electrons. The van der Waals surface area contributed by atoms with Crippen LogP contribution in [-0.4, -0.2) is 4.98 Å². The van der Waals surface area contributed by atoms with Gasteiger partial charge in [0, 0.05) is 16.8 Å². The molecule has 4 heteroatoms. The summed E-state index contributed by atoms with van der Waals surface area (Å²) in [5.74, 6) is 1.18. The standard InChI is InChI=1S/C14H13ClN2O/c15-10-5-6-13(11(16)8-10)18-14-7-4-9-2-1-3-12(9)17-14/h4-8H,1-3,16H2. The Bertz CT molecular complexity index is 598. The first-order valence-electron chi connectivity index (χ1n) is 5.94. The molecule has 0 amide bonds. The monoisotopic (exact) mass is 260 g/mol. The van der Waals surface area contributed by atoms with Crippen LogP contribution in [0.3, 0.4) is 0 Å². The molecule has 3 rings (SSSR count). The summed E-state index contributed by atoms with van der Waals surface area (Å²) in [6.07, 6.45) is 3.32. The minimum atomic E-state index is 0.518. The van der Waals surface area contributed by atoms with Gasteiger partial charge in [-0.25, -0.2) is 4.98 Å². The van der Waals surface area contributed by atoms with E-state index < -0.39 is 0 Å². The average Bonchev–Trinajstić information content (AvgIpc) is 2.80. The molecule has 0 bridgehead atoms. The van der Waals surface area contributed by atoms with Crippen molar-refractivity contribution < 1.29 is 4.74 Å². The number of aryl methyl sites for hydroxylation is 2. The van der Waals surface area contributed by atoms with Gasteiger partial charge < -0.3 is 10.5 Å². The maximum Gasteiger partial charge on any atom is 0.219 e. The summed E-state index contributed by atoms with van der Waals surface area (Å²) in [5.41, 5.74) is 8.83. The number of benzene rings is 1. The molecule has 0 unspecified atom stereocenters. The largest absolute Gasteiger partial charge is 0.437 e. The molecule has 2 N–H and O–H groups in total. The van der Waals surface area contributed by atoms with Crippen molar-refractivity contribution in [3.05, 3.63) is 46.6 Å². The highest BCUT2D eigenvalue weighted by atomic mass is 35.5. The van der Waals surface area contributed by atoms with Crippen LogP contribution in [-0.2, 0) is 12.8 Å². The highest BCUT2D eigenvalue weighted by Crippen LogP contribution is 2.30. The second-order valence-electron chi connectivity index (χ2n) is 4.39. The van der Waals surface area contributed by atoms with Crippen LogP contribution in [0.4, 0.5) is 5.69 Å². The van der Waals surface area contributed by atoms with Crippen LogP contribution >= 0.6 is 11.6 Å². The number of halogens is 1. The van der Waals surface area contributed by atoms with Crippen LogP contribution < -0.4 is 10.5 Å². The lowest BCUT2D eigenvalue weighted by atomic mass is 10.2. The van der Waals surface area contributed by atoms with Gasteiger partial charge in [0.05, 0.1) is 5.69 Å². The van der Waals surface area contributed by atoms with Crippen LogP contribution in [0.15, 0.2) is 30.3 Å². The van der Waals surface area contributed by atoms with E-state index in [1.54, 1.807) is 18.2 Å². The molecule has 0 saturated carbocycles. The lowest BCUT2D eigenvalue weighted by molar-refractivity contribution is 0.463. The fourth-order valence-corrected chi connectivity index (χ4v) is 2.36. The number of ether oxygens (including phenoxy) is 1. The summed E-state index contributed by atoms with van der Waals surface area (Å²) in [6.45, 7) is 0. The molecule has 0 radical (unpaired) electrons. The number of nitrogens with two attached hydrogens (primary N) is 1. The van der Waals surface area contributed by atoms with Crippen LogP contribution in [0.2, 0.25) is 5.02 Å². The van der Waals surface area contributed by atoms with Crippen molar-refractivity contribution >= 4 is 17.3 Å². The van der Waals surface area contributed by atoms with Crippen molar-refractivity contribution in [1.29, 1.82) is 0 Å². The molecule has 0 atom stereocenters. The van der Waals surface area contributed by atoms with E-state index in [0.717, 1.165) is 18.5 Å². The van der Waals surface area contributed by atoms with Crippen molar-refractivity contribution in [2.24, 2.45) is 0 Å². The molecule has 0 saturated heterocycles. The molecule has 18 heavy (non-hydrogen) atoms. The first-order valence-corrected chi connectivity index (χ1v) is 6.32. The van der Waals surface area contributed by atoms with Crippen molar-refractivity contribution in [3.8, 4) is 11.6 Å². The molecule has 1 heterocycles. The summed E-state index contributed by atoms with van der Waals surface area (Å²) in [5, 5.41) is 0.599. The number of hydrogen-bond donors (Lipinski definition) is 1. The zero-order valence-corrected chi connectivity index (χ0v) is 10.6. The number of aromatic nitrogens is 1. The maximum absolute atomic E-state index is 5.85. The van der Waals surface area contributed by atoms with E-state index in [1.165, 1.54) is 12.0 Å². The smallest absolute Gasteiger partial charge is 0.219 e. The third kappa shape index (κ3) is 2.14. The summed E-state index contributed by atoms with van der Waals surface area (Å²) in [7, 11) is 0. The third-order valence-electron chi connectivity index (χ3n) is 3.09. The summed E-state index contributed by atoms with van der Waals surface area (Å²) < 4.78 is 5.69. The zero-order valence-electron chi connectivity index (χ0n) is 9.82. The fraction of sp³-hybridized carbons (Fsp3) is 0.214. The van der Waals surface area contributed by atoms with Crippen LogP contribution in [0.5, 0.6) is 11.6 Å². The number of fused-ring (bicyclic) bond motifs is 1. The summed E-state index contributed by atoms with van der Waals surface area (Å²) >= 11 is 5.85. The van der Waals surface area contributed by atoms with Gasteiger partial charge in [-0.05, 0) is 43.0 Å². The Morgan fingerprint density at radius 1 is 1.17 bits per heavy atom. The SMILES string of the molecule is Nc1cc(Cl)ccc1Oc1ccc2c(n1)CCC2. The highest BCUT2D eigenvalue weighted by molar-refractivity contribution is 6.30. The molecule has 1 aliphatic carbocycles. The van der Waals surface area contributed by atoms with E-state index in [1.807, 2.05) is 6.07 Å². The van der Waals surface area contributed by atoms with Gasteiger partial charge in [-0.3, -0.25) is 0 Å². The van der Waals surface area contributed by atoms with E-state index in [9.17, 15) is 0 Å². The van der Waals surface area contributed by atoms with Crippen LogP contribution in [0, 0.1) is 0 Å². The Balaban J connectivity index is 1.88. The molecule has 0 aliphatic heterocycles. The van der Waals surface area contributed by atoms with Crippen molar-refractivity contribution in [1.82, 2.24) is 4.98 Å². The van der Waals surface area contributed by atoms with Gasteiger partial charge in [0.1, 0.15) is 0 Å². The van der Waals surface area contributed by atoms with Crippen molar-refractivity contribution in [2.75, 3.05) is 5.73 Å². The Morgan fingerprint density at radius 3 is 2.89 bits per heavy atom. The van der Waals surface area contributed by atoms with Gasteiger partial charge >= 0.3 is 0 Å². The lowest BCUT2D eigenvalue weighted by Gasteiger charge is -2.09. The van der Waals surface area contributed by atoms with Gasteiger partial charge in [0.15, 0.2) is 5.75 Å². The molecule has 3 nitrogen and oxygen atoms in total. The molecular weight excluding hydrogens is 248 g/mol. The number of hydrogen-bond acceptors (Lipinski definition) is 3. The number of nitrogen functional groups attached to an aromatic ring is 1. The molecule has 0 spiro atoms. The Morgan fingerprint density at radius 2 is 2.06 bits per heavy atom. The zero-order chi connectivity index (χ0) is 12.5. The molecule has 2 aromatic rings. The maximum atomic E-state index is 5.85. The first kappa shape index (κ1) is 11.4. The number of pyridine rings is 1. The van der Waals surface area contributed by atoms with E-state index >= 15 is 0 Å². The quantitative estimate of drug-likeness (QED) is 0.840. The van der Waals surface area contributed by atoms with Gasteiger partial charge in [-0.2, -0.15) is 0 Å². The molecular formula is C14H13ClN2O. The predicted octanol–water partition coefficient (Wildman–Crippen LogP) is 3.60. The Kier molecular flexibility index (Phi) is 2.84. The van der Waals surface area contributed by atoms with E-state index in [-0.39, 0.29) is 0 Å². The lowest BCUT2D eigenvalue weighted by Crippen LogP contribution is -1.96. The number of anilines is 1. The van der Waals surface area contributed by atoms with Gasteiger partial charge in [-0.15, -0.1) is 0 Å². The molecule has 1 aromatic heterocycles. The minimum absolute atomic E-state index is 0.518. The van der Waals surface area contributed by atoms with E-state index in [4.69, 9.17) is 22.1 Å². The van der Waals surface area contributed by atoms with Crippen LogP contribution in [0.25, 0.3) is 0 Å². The van der Waals surface area contributed by atoms with Crippen molar-refractivity contribution in [2.45, 2.75) is 19.3 Å². The second kappa shape index (κ2) is 4.50. The third-order valence-corrected chi connectivity index (χ3v) is 3.32. The Hall–Kier alpha value is -1.74. The van der Waals surface area contributed by atoms with E-state index in [2.05, 4.69) is 11.1 Å². The first-order chi connectivity index (χ1) is 8.72. The minimum Gasteiger partial charge on any atom is -0.437 e. The average molecular weight is 261 g/mol. The fourth-order valence-electron chi connectivity index (χ4n) is 2.18.